The molecule has 75 valence electrons. The Morgan fingerprint density at radius 2 is 1.13 bits per heavy atom. The smallest absolute Gasteiger partial charge is 0.0659 e. The minimum Gasteiger partial charge on any atom is -0.0686 e. The lowest BCUT2D eigenvalue weighted by Gasteiger charge is -2.13. The maximum Gasteiger partial charge on any atom is 0.0659 e. The van der Waals surface area contributed by atoms with Crippen LogP contribution in [0.2, 0.25) is 0 Å². The highest BCUT2D eigenvalue weighted by Crippen LogP contribution is 2.37. The van der Waals surface area contributed by atoms with Crippen molar-refractivity contribution in [2.45, 2.75) is 5.25 Å². The summed E-state index contributed by atoms with van der Waals surface area (Å²) in [6, 6.07) is 20.8. The van der Waals surface area contributed by atoms with Crippen molar-refractivity contribution in [1.82, 2.24) is 0 Å². The Morgan fingerprint density at radius 3 is 1.47 bits per heavy atom. The highest BCUT2D eigenvalue weighted by atomic mass is 33.1. The fraction of sp³-hybridized carbons (Fsp3) is 0.0769. The van der Waals surface area contributed by atoms with E-state index in [1.807, 2.05) is 12.1 Å². The van der Waals surface area contributed by atoms with Gasteiger partial charge in [0.1, 0.15) is 0 Å². The molecule has 2 rings (SSSR count). The standard InChI is InChI=1S/C13H11S2/c14-15-13(11-7-3-1-4-8-11)12-9-5-2-6-10-12/h1-10,13H. The van der Waals surface area contributed by atoms with Crippen LogP contribution in [-0.4, -0.2) is 0 Å². The summed E-state index contributed by atoms with van der Waals surface area (Å²) < 4.78 is 0. The predicted octanol–water partition coefficient (Wildman–Crippen LogP) is 4.62. The van der Waals surface area contributed by atoms with Gasteiger partial charge in [-0.15, -0.1) is 0 Å². The quantitative estimate of drug-likeness (QED) is 0.694. The van der Waals surface area contributed by atoms with Crippen molar-refractivity contribution in [2.75, 3.05) is 0 Å². The molecule has 0 aliphatic heterocycles. The molecule has 0 aliphatic rings. The van der Waals surface area contributed by atoms with Gasteiger partial charge < -0.3 is 0 Å². The Bertz CT molecular complexity index is 358. The number of benzene rings is 2. The highest BCUT2D eigenvalue weighted by Gasteiger charge is 2.12. The topological polar surface area (TPSA) is 0 Å². The third-order valence-electron chi connectivity index (χ3n) is 2.30. The lowest BCUT2D eigenvalue weighted by atomic mass is 10.0. The van der Waals surface area contributed by atoms with Crippen LogP contribution in [0, 0.1) is 0 Å². The van der Waals surface area contributed by atoms with Crippen molar-refractivity contribution in [1.29, 1.82) is 0 Å². The van der Waals surface area contributed by atoms with Crippen LogP contribution >= 0.6 is 22.5 Å². The molecule has 0 fully saturated rings. The molecule has 0 saturated carbocycles. The van der Waals surface area contributed by atoms with Gasteiger partial charge in [0.25, 0.3) is 0 Å². The van der Waals surface area contributed by atoms with Gasteiger partial charge in [-0.2, -0.15) is 0 Å². The summed E-state index contributed by atoms with van der Waals surface area (Å²) >= 11 is 5.15. The maximum atomic E-state index is 5.15. The zero-order valence-corrected chi connectivity index (χ0v) is 9.80. The van der Waals surface area contributed by atoms with Crippen molar-refractivity contribution in [3.05, 3.63) is 71.8 Å². The average Bonchev–Trinajstić information content (AvgIpc) is 2.33. The molecule has 2 aromatic rings. The fourth-order valence-corrected chi connectivity index (χ4v) is 2.76. The molecule has 2 aromatic carbocycles. The lowest BCUT2D eigenvalue weighted by Crippen LogP contribution is -1.93. The van der Waals surface area contributed by atoms with Crippen LogP contribution in [0.25, 0.3) is 0 Å². The summed E-state index contributed by atoms with van der Waals surface area (Å²) in [5, 5.41) is 0.266. The Labute approximate surface area is 99.5 Å². The summed E-state index contributed by atoms with van der Waals surface area (Å²) in [7, 11) is 1.46. The number of hydrogen-bond donors (Lipinski definition) is 0. The molecule has 0 amide bonds. The Morgan fingerprint density at radius 1 is 0.733 bits per heavy atom. The van der Waals surface area contributed by atoms with Crippen LogP contribution in [0.15, 0.2) is 60.7 Å². The number of rotatable bonds is 3. The van der Waals surface area contributed by atoms with E-state index in [1.54, 1.807) is 0 Å². The second kappa shape index (κ2) is 5.29. The Hall–Kier alpha value is -0.860. The van der Waals surface area contributed by atoms with E-state index in [9.17, 15) is 0 Å². The molecule has 0 spiro atoms. The fourth-order valence-electron chi connectivity index (χ4n) is 1.56. The first kappa shape index (κ1) is 10.7. The molecular formula is C13H11S2. The van der Waals surface area contributed by atoms with Crippen molar-refractivity contribution in [2.24, 2.45) is 0 Å². The molecule has 0 aliphatic carbocycles. The molecule has 0 unspecified atom stereocenters. The van der Waals surface area contributed by atoms with Crippen LogP contribution in [0.3, 0.4) is 0 Å². The molecule has 2 heteroatoms. The van der Waals surface area contributed by atoms with Gasteiger partial charge in [0.05, 0.1) is 5.25 Å². The lowest BCUT2D eigenvalue weighted by molar-refractivity contribution is 1.17. The van der Waals surface area contributed by atoms with E-state index in [-0.39, 0.29) is 5.25 Å². The second-order valence-electron chi connectivity index (χ2n) is 3.30. The van der Waals surface area contributed by atoms with Gasteiger partial charge in [0.15, 0.2) is 0 Å². The Balaban J connectivity index is 2.34. The number of hydrogen-bond acceptors (Lipinski definition) is 1. The SMILES string of the molecule is [S]SC(c1ccccc1)c1ccccc1. The third-order valence-corrected chi connectivity index (χ3v) is 3.62. The van der Waals surface area contributed by atoms with Gasteiger partial charge in [-0.3, -0.25) is 0 Å². The van der Waals surface area contributed by atoms with Crippen molar-refractivity contribution in [3.63, 3.8) is 0 Å². The van der Waals surface area contributed by atoms with E-state index in [2.05, 4.69) is 48.5 Å². The van der Waals surface area contributed by atoms with E-state index in [1.165, 1.54) is 21.9 Å². The molecule has 15 heavy (non-hydrogen) atoms. The Kier molecular flexibility index (Phi) is 3.75. The molecule has 0 saturated heterocycles. The van der Waals surface area contributed by atoms with Gasteiger partial charge in [0, 0.05) is 0 Å². The molecule has 0 aromatic heterocycles. The third kappa shape index (κ3) is 2.58. The predicted molar refractivity (Wildman–Crippen MR) is 69.9 cm³/mol. The van der Waals surface area contributed by atoms with Gasteiger partial charge in [-0.25, -0.2) is 0 Å². The van der Waals surface area contributed by atoms with E-state index >= 15 is 0 Å². The first-order valence-corrected chi connectivity index (χ1v) is 6.61. The molecule has 0 heterocycles. The summed E-state index contributed by atoms with van der Waals surface area (Å²) in [4.78, 5) is 0. The van der Waals surface area contributed by atoms with Crippen molar-refractivity contribution < 1.29 is 0 Å². The summed E-state index contributed by atoms with van der Waals surface area (Å²) in [6.07, 6.45) is 0. The summed E-state index contributed by atoms with van der Waals surface area (Å²) in [6.45, 7) is 0. The monoisotopic (exact) mass is 231 g/mol. The molecule has 0 atom stereocenters. The normalized spacial score (nSPS) is 10.5. The zero-order chi connectivity index (χ0) is 10.5. The zero-order valence-electron chi connectivity index (χ0n) is 8.17. The molecule has 0 N–H and O–H groups in total. The van der Waals surface area contributed by atoms with Crippen LogP contribution in [-0.2, 0) is 0 Å². The van der Waals surface area contributed by atoms with Crippen LogP contribution in [0.4, 0.5) is 0 Å². The molecule has 0 bridgehead atoms. The molecule has 1 radical (unpaired) electrons. The van der Waals surface area contributed by atoms with Gasteiger partial charge in [0.2, 0.25) is 0 Å². The maximum absolute atomic E-state index is 5.15. The summed E-state index contributed by atoms with van der Waals surface area (Å²) in [5.74, 6) is 0. The van der Waals surface area contributed by atoms with Gasteiger partial charge >= 0.3 is 0 Å². The molecular weight excluding hydrogens is 220 g/mol. The summed E-state index contributed by atoms with van der Waals surface area (Å²) in [5.41, 5.74) is 2.53. The van der Waals surface area contributed by atoms with Crippen LogP contribution < -0.4 is 0 Å². The van der Waals surface area contributed by atoms with Gasteiger partial charge in [-0.1, -0.05) is 71.5 Å². The van der Waals surface area contributed by atoms with E-state index in [4.69, 9.17) is 11.7 Å². The first-order valence-electron chi connectivity index (χ1n) is 4.80. The van der Waals surface area contributed by atoms with Crippen LogP contribution in [0.1, 0.15) is 16.4 Å². The minimum atomic E-state index is 0.266. The largest absolute Gasteiger partial charge is 0.0686 e. The first-order chi connectivity index (χ1) is 7.42. The average molecular weight is 231 g/mol. The van der Waals surface area contributed by atoms with Crippen LogP contribution in [0.5, 0.6) is 0 Å². The second-order valence-corrected chi connectivity index (χ2v) is 4.54. The van der Waals surface area contributed by atoms with E-state index < -0.39 is 0 Å². The van der Waals surface area contributed by atoms with E-state index in [0.29, 0.717) is 0 Å². The van der Waals surface area contributed by atoms with Gasteiger partial charge in [-0.05, 0) is 22.8 Å². The van der Waals surface area contributed by atoms with E-state index in [0.717, 1.165) is 0 Å². The highest BCUT2D eigenvalue weighted by molar-refractivity contribution is 8.68. The molecule has 0 nitrogen and oxygen atoms in total. The minimum absolute atomic E-state index is 0.266. The van der Waals surface area contributed by atoms with Crippen molar-refractivity contribution in [3.8, 4) is 0 Å². The van der Waals surface area contributed by atoms with Crippen molar-refractivity contribution >= 4 is 22.5 Å².